The average Bonchev–Trinajstić information content (AvgIpc) is 2.43. The number of nitrogens with zero attached hydrogens (tertiary/aromatic N) is 3. The zero-order valence-electron chi connectivity index (χ0n) is 10.9. The second-order valence-electron chi connectivity index (χ2n) is 3.56. The van der Waals surface area contributed by atoms with Crippen LogP contribution in [0.15, 0.2) is 41.6 Å². The highest BCUT2D eigenvalue weighted by molar-refractivity contribution is 5.58. The molecule has 1 aromatic carbocycles. The van der Waals surface area contributed by atoms with Crippen LogP contribution in [0.5, 0.6) is 0 Å². The van der Waals surface area contributed by atoms with Gasteiger partial charge in [0, 0.05) is 5.56 Å². The molecule has 0 bridgehead atoms. The summed E-state index contributed by atoms with van der Waals surface area (Å²) in [4.78, 5) is 10.0. The molecule has 2 rings (SSSR count). The van der Waals surface area contributed by atoms with Gasteiger partial charge in [-0.15, -0.1) is 0 Å². The van der Waals surface area contributed by atoms with Crippen molar-refractivity contribution in [2.75, 3.05) is 0 Å². The van der Waals surface area contributed by atoms with Crippen molar-refractivity contribution in [2.24, 2.45) is 5.18 Å². The van der Waals surface area contributed by atoms with Crippen LogP contribution in [0.2, 0.25) is 0 Å². The van der Waals surface area contributed by atoms with E-state index in [2.05, 4.69) is 15.4 Å². The molecule has 0 fully saturated rings. The Hall–Kier alpha value is -2.10. The first-order valence-corrected chi connectivity index (χ1v) is 5.98. The summed E-state index contributed by atoms with van der Waals surface area (Å²) >= 11 is 0. The molecule has 1 heterocycles. The Kier molecular flexibility index (Phi) is 5.64. The molecule has 1 aromatic heterocycles. The minimum Gasteiger partial charge on any atom is -0.153 e. The van der Waals surface area contributed by atoms with E-state index in [0.717, 1.165) is 11.3 Å². The van der Waals surface area contributed by atoms with Gasteiger partial charge in [0.25, 0.3) is 0 Å². The van der Waals surface area contributed by atoms with E-state index in [0.29, 0.717) is 5.69 Å². The van der Waals surface area contributed by atoms with Crippen LogP contribution in [-0.2, 0) is 6.54 Å². The number of rotatable bonds is 3. The van der Waals surface area contributed by atoms with Crippen molar-refractivity contribution >= 4 is 0 Å². The van der Waals surface area contributed by atoms with Crippen molar-refractivity contribution in [3.63, 3.8) is 0 Å². The highest BCUT2D eigenvalue weighted by atomic mass is 16.3. The van der Waals surface area contributed by atoms with Crippen LogP contribution >= 0.6 is 0 Å². The van der Waals surface area contributed by atoms with Crippen molar-refractivity contribution in [3.8, 4) is 11.3 Å². The van der Waals surface area contributed by atoms with Gasteiger partial charge in [0.1, 0.15) is 6.54 Å². The Morgan fingerprint density at radius 3 is 2.17 bits per heavy atom. The molecular weight excluding hydrogens is 226 g/mol. The van der Waals surface area contributed by atoms with Crippen molar-refractivity contribution in [1.29, 1.82) is 0 Å². The quantitative estimate of drug-likeness (QED) is 0.771. The normalized spacial score (nSPS) is 9.28. The lowest BCUT2D eigenvalue weighted by molar-refractivity contribution is 0.898. The van der Waals surface area contributed by atoms with Gasteiger partial charge in [-0.25, -0.2) is 0 Å². The van der Waals surface area contributed by atoms with E-state index < -0.39 is 0 Å². The van der Waals surface area contributed by atoms with Crippen LogP contribution in [0, 0.1) is 11.8 Å². The second-order valence-corrected chi connectivity index (χ2v) is 3.56. The Labute approximate surface area is 107 Å². The van der Waals surface area contributed by atoms with Gasteiger partial charge >= 0.3 is 0 Å². The number of hydrogen-bond donors (Lipinski definition) is 0. The molecule has 0 radical (unpaired) electrons. The van der Waals surface area contributed by atoms with Gasteiger partial charge in [0.05, 0.1) is 11.4 Å². The number of benzene rings is 1. The van der Waals surface area contributed by atoms with E-state index in [9.17, 15) is 4.91 Å². The highest BCUT2D eigenvalue weighted by Crippen LogP contribution is 2.16. The van der Waals surface area contributed by atoms with Gasteiger partial charge in [-0.05, 0) is 19.1 Å². The van der Waals surface area contributed by atoms with Crippen molar-refractivity contribution < 1.29 is 0 Å². The minimum absolute atomic E-state index is 0.0706. The summed E-state index contributed by atoms with van der Waals surface area (Å²) in [6, 6.07) is 11.7. The number of aromatic nitrogens is 2. The fourth-order valence-corrected chi connectivity index (χ4v) is 1.39. The topological polar surface area (TPSA) is 55.2 Å². The average molecular weight is 243 g/mol. The fraction of sp³-hybridized carbons (Fsp3) is 0.286. The standard InChI is InChI=1S/C12H11N3O.C2H6/c1-9-2-4-10(5-3-9)12-7-6-11(8-13-16)14-15-12;1-2/h2-7H,8H2,1H3;1-2H3. The molecule has 0 amide bonds. The molecular formula is C14H17N3O. The fourth-order valence-electron chi connectivity index (χ4n) is 1.39. The summed E-state index contributed by atoms with van der Waals surface area (Å²) in [5.74, 6) is 0. The van der Waals surface area contributed by atoms with Gasteiger partial charge < -0.3 is 0 Å². The first-order chi connectivity index (χ1) is 8.79. The van der Waals surface area contributed by atoms with Crippen LogP contribution in [0.4, 0.5) is 0 Å². The van der Waals surface area contributed by atoms with Crippen LogP contribution in [0.1, 0.15) is 25.1 Å². The third-order valence-corrected chi connectivity index (χ3v) is 2.29. The minimum atomic E-state index is 0.0706. The van der Waals surface area contributed by atoms with Crippen LogP contribution in [0.3, 0.4) is 0 Å². The van der Waals surface area contributed by atoms with Crippen molar-refractivity contribution in [1.82, 2.24) is 10.2 Å². The lowest BCUT2D eigenvalue weighted by atomic mass is 10.1. The van der Waals surface area contributed by atoms with Gasteiger partial charge in [0.15, 0.2) is 0 Å². The van der Waals surface area contributed by atoms with E-state index in [4.69, 9.17) is 0 Å². The smallest absolute Gasteiger partial charge is 0.125 e. The maximum Gasteiger partial charge on any atom is 0.125 e. The third-order valence-electron chi connectivity index (χ3n) is 2.29. The lowest BCUT2D eigenvalue weighted by Crippen LogP contribution is -1.92. The number of aryl methyl sites for hydroxylation is 1. The molecule has 0 spiro atoms. The van der Waals surface area contributed by atoms with Crippen LogP contribution in [-0.4, -0.2) is 10.2 Å². The van der Waals surface area contributed by atoms with E-state index in [1.54, 1.807) is 6.07 Å². The van der Waals surface area contributed by atoms with Crippen molar-refractivity contribution in [2.45, 2.75) is 27.3 Å². The second kappa shape index (κ2) is 7.27. The van der Waals surface area contributed by atoms with Crippen LogP contribution < -0.4 is 0 Å². The molecule has 4 heteroatoms. The van der Waals surface area contributed by atoms with E-state index in [1.165, 1.54) is 5.56 Å². The van der Waals surface area contributed by atoms with Gasteiger partial charge in [-0.1, -0.05) is 48.9 Å². The monoisotopic (exact) mass is 243 g/mol. The summed E-state index contributed by atoms with van der Waals surface area (Å²) < 4.78 is 0. The molecule has 94 valence electrons. The molecule has 0 aliphatic heterocycles. The molecule has 18 heavy (non-hydrogen) atoms. The van der Waals surface area contributed by atoms with Crippen LogP contribution in [0.25, 0.3) is 11.3 Å². The SMILES string of the molecule is CC.Cc1ccc(-c2ccc(CN=O)nn2)cc1. The van der Waals surface area contributed by atoms with Gasteiger partial charge in [-0.3, -0.25) is 0 Å². The van der Waals surface area contributed by atoms with Gasteiger partial charge in [0.2, 0.25) is 0 Å². The van der Waals surface area contributed by atoms with E-state index >= 15 is 0 Å². The maximum absolute atomic E-state index is 10.0. The first kappa shape index (κ1) is 14.0. The lowest BCUT2D eigenvalue weighted by Gasteiger charge is -2.00. The van der Waals surface area contributed by atoms with E-state index in [1.807, 2.05) is 51.1 Å². The zero-order valence-corrected chi connectivity index (χ0v) is 10.9. The zero-order chi connectivity index (χ0) is 13.4. The molecule has 0 saturated carbocycles. The Balaban J connectivity index is 0.000000771. The Morgan fingerprint density at radius 2 is 1.67 bits per heavy atom. The molecule has 4 nitrogen and oxygen atoms in total. The molecule has 0 saturated heterocycles. The predicted octanol–water partition coefficient (Wildman–Crippen LogP) is 3.74. The summed E-state index contributed by atoms with van der Waals surface area (Å²) in [5, 5.41) is 10.7. The van der Waals surface area contributed by atoms with Gasteiger partial charge in [-0.2, -0.15) is 15.1 Å². The number of hydrogen-bond acceptors (Lipinski definition) is 4. The summed E-state index contributed by atoms with van der Waals surface area (Å²) in [6.07, 6.45) is 0. The highest BCUT2D eigenvalue weighted by Gasteiger charge is 2.00. The molecule has 0 unspecified atom stereocenters. The summed E-state index contributed by atoms with van der Waals surface area (Å²) in [5.41, 5.74) is 3.61. The largest absolute Gasteiger partial charge is 0.153 e. The van der Waals surface area contributed by atoms with Crippen molar-refractivity contribution in [3.05, 3.63) is 52.6 Å². The first-order valence-electron chi connectivity index (χ1n) is 5.98. The molecule has 0 atom stereocenters. The van der Waals surface area contributed by atoms with E-state index in [-0.39, 0.29) is 6.54 Å². The summed E-state index contributed by atoms with van der Waals surface area (Å²) in [6.45, 7) is 6.11. The molecule has 0 aliphatic carbocycles. The Morgan fingerprint density at radius 1 is 1.00 bits per heavy atom. The third kappa shape index (κ3) is 3.73. The molecule has 0 N–H and O–H groups in total. The maximum atomic E-state index is 10.0. The Bertz CT molecular complexity index is 477. The summed E-state index contributed by atoms with van der Waals surface area (Å²) in [7, 11) is 0. The predicted molar refractivity (Wildman–Crippen MR) is 73.1 cm³/mol. The molecule has 2 aromatic rings. The molecule has 0 aliphatic rings. The number of nitroso groups, excluding NO2 is 1.